The molecule has 1 N–H and O–H groups in total. The van der Waals surface area contributed by atoms with Gasteiger partial charge in [0.15, 0.2) is 0 Å². The Morgan fingerprint density at radius 1 is 0.875 bits per heavy atom. The number of carbonyl (C=O) groups excluding carboxylic acids is 2. The number of urea groups is 1. The van der Waals surface area contributed by atoms with Gasteiger partial charge in [-0.1, -0.05) is 31.9 Å². The van der Waals surface area contributed by atoms with Crippen molar-refractivity contribution in [1.29, 1.82) is 0 Å². The lowest BCUT2D eigenvalue weighted by Crippen LogP contribution is -2.58. The summed E-state index contributed by atoms with van der Waals surface area (Å²) >= 11 is 0. The van der Waals surface area contributed by atoms with Crippen molar-refractivity contribution in [2.75, 3.05) is 4.90 Å². The summed E-state index contributed by atoms with van der Waals surface area (Å²) in [5.41, 5.74) is 0.0178. The van der Waals surface area contributed by atoms with Gasteiger partial charge < -0.3 is 9.88 Å². The zero-order valence-corrected chi connectivity index (χ0v) is 24.1. The van der Waals surface area contributed by atoms with Gasteiger partial charge in [-0.15, -0.1) is 0 Å². The average Bonchev–Trinajstić information content (AvgIpc) is 3.08. The maximum atomic E-state index is 14.2. The second kappa shape index (κ2) is 9.68. The maximum Gasteiger partial charge on any atom is 0.331 e. The lowest BCUT2D eigenvalue weighted by atomic mass is 9.64. The number of amides is 3. The number of hydrogen-bond acceptors (Lipinski definition) is 5. The molecule has 2 aromatic rings. The molecule has 4 unspecified atom stereocenters. The second-order valence-corrected chi connectivity index (χ2v) is 13.9. The first-order valence-corrected chi connectivity index (χ1v) is 15.7. The molecule has 4 atom stereocenters. The van der Waals surface area contributed by atoms with Crippen LogP contribution in [0.15, 0.2) is 29.1 Å². The smallest absolute Gasteiger partial charge is 0.323 e. The largest absolute Gasteiger partial charge is 0.331 e. The topological polar surface area (TPSA) is 87.5 Å². The number of rotatable bonds is 4. The number of para-hydroxylation sites is 2. The highest BCUT2D eigenvalue weighted by Gasteiger charge is 2.49. The second-order valence-electron chi connectivity index (χ2n) is 13.9. The van der Waals surface area contributed by atoms with Crippen LogP contribution in [0.2, 0.25) is 0 Å². The average molecular weight is 546 g/mol. The fourth-order valence-electron chi connectivity index (χ4n) is 9.06. The van der Waals surface area contributed by atoms with Gasteiger partial charge in [-0.3, -0.25) is 14.5 Å². The van der Waals surface area contributed by atoms with E-state index in [2.05, 4.69) is 22.1 Å². The summed E-state index contributed by atoms with van der Waals surface area (Å²) < 4.78 is 1.88. The fourth-order valence-corrected chi connectivity index (χ4v) is 9.06. The zero-order chi connectivity index (χ0) is 27.8. The van der Waals surface area contributed by atoms with E-state index in [1.165, 1.54) is 57.8 Å². The Balaban J connectivity index is 1.25. The van der Waals surface area contributed by atoms with Gasteiger partial charge in [0.25, 0.3) is 11.5 Å². The quantitative estimate of drug-likeness (QED) is 0.520. The molecule has 6 fully saturated rings. The van der Waals surface area contributed by atoms with Crippen LogP contribution in [0.25, 0.3) is 11.0 Å². The summed E-state index contributed by atoms with van der Waals surface area (Å²) in [7, 11) is 0. The van der Waals surface area contributed by atoms with Gasteiger partial charge in [0.2, 0.25) is 5.82 Å². The molecule has 40 heavy (non-hydrogen) atoms. The van der Waals surface area contributed by atoms with Crippen LogP contribution < -0.4 is 15.8 Å². The Kier molecular flexibility index (Phi) is 6.33. The van der Waals surface area contributed by atoms with E-state index in [1.54, 1.807) is 13.8 Å². The summed E-state index contributed by atoms with van der Waals surface area (Å²) in [4.78, 5) is 48.7. The molecule has 8 nitrogen and oxygen atoms in total. The van der Waals surface area contributed by atoms with Crippen molar-refractivity contribution in [1.82, 2.24) is 19.8 Å². The van der Waals surface area contributed by atoms with Crippen LogP contribution in [-0.2, 0) is 4.79 Å². The van der Waals surface area contributed by atoms with Gasteiger partial charge in [0, 0.05) is 24.2 Å². The summed E-state index contributed by atoms with van der Waals surface area (Å²) in [5, 5.41) is 2.71. The number of nitrogens with zero attached hydrogens (tertiary/aromatic N) is 4. The molecule has 4 bridgehead atoms. The number of aromatic nitrogens is 2. The van der Waals surface area contributed by atoms with E-state index in [-0.39, 0.29) is 17.4 Å². The molecule has 3 amide bonds. The van der Waals surface area contributed by atoms with E-state index in [0.29, 0.717) is 23.6 Å². The van der Waals surface area contributed by atoms with Crippen molar-refractivity contribution in [2.24, 2.45) is 17.8 Å². The molecule has 8 rings (SSSR count). The molecule has 1 aromatic heterocycles. The molecule has 6 aliphatic rings. The summed E-state index contributed by atoms with van der Waals surface area (Å²) in [6.45, 7) is 5.69. The minimum absolute atomic E-state index is 0.0167. The highest BCUT2D eigenvalue weighted by Crippen LogP contribution is 2.49. The number of imide groups is 1. The Morgan fingerprint density at radius 2 is 1.57 bits per heavy atom. The number of carbonyl (C=O) groups is 2. The van der Waals surface area contributed by atoms with Crippen LogP contribution in [-0.4, -0.2) is 50.1 Å². The Hall–Kier alpha value is -2.74. The first-order valence-electron chi connectivity index (χ1n) is 15.7. The zero-order valence-electron chi connectivity index (χ0n) is 24.1. The Morgan fingerprint density at radius 3 is 2.25 bits per heavy atom. The Labute approximate surface area is 236 Å². The molecule has 8 heteroatoms. The third-order valence-corrected chi connectivity index (χ3v) is 10.9. The van der Waals surface area contributed by atoms with E-state index < -0.39 is 17.5 Å². The number of benzene rings is 1. The minimum Gasteiger partial charge on any atom is -0.323 e. The van der Waals surface area contributed by atoms with Gasteiger partial charge in [0.1, 0.15) is 5.54 Å². The third-order valence-electron chi connectivity index (χ3n) is 10.9. The molecule has 4 heterocycles. The number of nitrogens with one attached hydrogen (secondary N) is 1. The maximum absolute atomic E-state index is 14.2. The lowest BCUT2D eigenvalue weighted by Gasteiger charge is -2.55. The normalized spacial score (nSPS) is 35.7. The highest BCUT2D eigenvalue weighted by molar-refractivity contribution is 6.22. The number of anilines is 1. The van der Waals surface area contributed by atoms with Gasteiger partial charge in [-0.25, -0.2) is 14.7 Å². The number of fused-ring (bicyclic) bond motifs is 8. The van der Waals surface area contributed by atoms with Gasteiger partial charge in [-0.05, 0) is 102 Å². The van der Waals surface area contributed by atoms with E-state index in [0.717, 1.165) is 41.0 Å². The predicted molar refractivity (Wildman–Crippen MR) is 155 cm³/mol. The molecular weight excluding hydrogens is 502 g/mol. The van der Waals surface area contributed by atoms with Crippen molar-refractivity contribution >= 4 is 28.8 Å². The van der Waals surface area contributed by atoms with Gasteiger partial charge in [-0.2, -0.15) is 0 Å². The standard InChI is InChI=1S/C32H43N5O3/c1-4-19-12-20-13-21(14-20)16-24(15-19)35-22-8-7-9-23(35)18-25(17-22)36-27-11-6-5-10-26(27)33-28(29(36)38)37-30(39)32(2,3)34-31(37)40/h5-6,10-11,19-25H,4,7-9,12-18H2,1-3H3,(H,34,40). The van der Waals surface area contributed by atoms with Crippen LogP contribution in [0.5, 0.6) is 0 Å². The van der Waals surface area contributed by atoms with Crippen LogP contribution in [0, 0.1) is 17.8 Å². The van der Waals surface area contributed by atoms with E-state index in [9.17, 15) is 14.4 Å². The molecular formula is C32H43N5O3. The van der Waals surface area contributed by atoms with E-state index in [4.69, 9.17) is 0 Å². The van der Waals surface area contributed by atoms with Crippen molar-refractivity contribution in [3.63, 3.8) is 0 Å². The molecule has 3 aliphatic carbocycles. The molecule has 0 radical (unpaired) electrons. The summed E-state index contributed by atoms with van der Waals surface area (Å²) in [6.07, 6.45) is 13.7. The predicted octanol–water partition coefficient (Wildman–Crippen LogP) is 5.39. The van der Waals surface area contributed by atoms with Crippen LogP contribution in [0.3, 0.4) is 0 Å². The Bertz CT molecular complexity index is 1380. The van der Waals surface area contributed by atoms with Crippen molar-refractivity contribution in [3.05, 3.63) is 34.6 Å². The van der Waals surface area contributed by atoms with Gasteiger partial charge >= 0.3 is 6.03 Å². The van der Waals surface area contributed by atoms with Crippen LogP contribution in [0.1, 0.15) is 97.4 Å². The van der Waals surface area contributed by atoms with Crippen LogP contribution in [0.4, 0.5) is 10.6 Å². The van der Waals surface area contributed by atoms with Crippen LogP contribution >= 0.6 is 0 Å². The molecule has 3 aliphatic heterocycles. The molecule has 3 saturated heterocycles. The lowest BCUT2D eigenvalue weighted by molar-refractivity contribution is -0.121. The molecule has 214 valence electrons. The fraction of sp³-hybridized carbons (Fsp3) is 0.688. The number of hydrogen-bond donors (Lipinski definition) is 1. The van der Waals surface area contributed by atoms with Crippen molar-refractivity contribution in [2.45, 2.75) is 121 Å². The first-order chi connectivity index (χ1) is 19.2. The van der Waals surface area contributed by atoms with Gasteiger partial charge in [0.05, 0.1) is 11.0 Å². The first kappa shape index (κ1) is 26.2. The highest BCUT2D eigenvalue weighted by atomic mass is 16.2. The SMILES string of the molecule is CCC1CC2CC(C2)CC(N2C3CCCC2CC(n2c(=O)c(N4C(=O)NC(C)(C)C4=O)nc4ccccc42)C3)C1. The number of piperidine rings is 2. The van der Waals surface area contributed by atoms with Crippen molar-refractivity contribution < 1.29 is 9.59 Å². The molecule has 3 saturated carbocycles. The summed E-state index contributed by atoms with van der Waals surface area (Å²) in [6, 6.07) is 8.69. The van der Waals surface area contributed by atoms with Crippen molar-refractivity contribution in [3.8, 4) is 0 Å². The van der Waals surface area contributed by atoms with E-state index >= 15 is 0 Å². The summed E-state index contributed by atoms with van der Waals surface area (Å²) in [5.74, 6) is 2.18. The molecule has 0 spiro atoms. The third kappa shape index (κ3) is 4.20. The molecule has 1 aromatic carbocycles. The van der Waals surface area contributed by atoms with E-state index in [1.807, 2.05) is 28.8 Å². The minimum atomic E-state index is -1.07. The monoisotopic (exact) mass is 545 g/mol.